The molecule has 0 amide bonds. The van der Waals surface area contributed by atoms with E-state index in [1.165, 1.54) is 27.5 Å². The maximum Gasteiger partial charge on any atom is 0.238 e. The van der Waals surface area contributed by atoms with Crippen molar-refractivity contribution in [3.05, 3.63) is 70.2 Å². The van der Waals surface area contributed by atoms with Crippen LogP contribution in [0.15, 0.2) is 48.5 Å². The molecule has 2 N–H and O–H groups in total. The number of anilines is 2. The molecule has 4 rings (SSSR count). The minimum absolute atomic E-state index is 0.220. The van der Waals surface area contributed by atoms with Gasteiger partial charge in [0.2, 0.25) is 15.2 Å². The number of nitrogens with one attached hydrogen (secondary N) is 2. The standard InChI is InChI=1S/C25H32N4O3S2/c1-17-18(2)33-25(28-17)29(34(4,30)31)21-12-13-23(32-3)20(15-21)16-27-22-11-8-14-26-24(22)19-9-6-5-7-10-19/h5-7,9-10,12-13,15,22,24,26-27H,8,11,14,16H2,1-4H3/t22-,24+/m0/s1. The molecule has 7 nitrogen and oxygen atoms in total. The molecule has 0 radical (unpaired) electrons. The first-order chi connectivity index (χ1) is 16.3. The Balaban J connectivity index is 1.62. The highest BCUT2D eigenvalue weighted by Gasteiger charge is 2.27. The maximum atomic E-state index is 12.8. The van der Waals surface area contributed by atoms with Crippen LogP contribution >= 0.6 is 11.3 Å². The monoisotopic (exact) mass is 500 g/mol. The summed E-state index contributed by atoms with van der Waals surface area (Å²) in [6.45, 7) is 5.38. The molecular weight excluding hydrogens is 468 g/mol. The highest BCUT2D eigenvalue weighted by atomic mass is 32.2. The van der Waals surface area contributed by atoms with Crippen molar-refractivity contribution in [2.75, 3.05) is 24.2 Å². The largest absolute Gasteiger partial charge is 0.496 e. The molecule has 2 heterocycles. The number of aromatic nitrogens is 1. The Kier molecular flexibility index (Phi) is 7.57. The van der Waals surface area contributed by atoms with Gasteiger partial charge in [0.05, 0.1) is 24.7 Å². The van der Waals surface area contributed by atoms with E-state index in [4.69, 9.17) is 4.74 Å². The second-order valence-electron chi connectivity index (χ2n) is 8.63. The Morgan fingerprint density at radius 2 is 1.97 bits per heavy atom. The number of hydrogen-bond donors (Lipinski definition) is 2. The maximum absolute atomic E-state index is 12.8. The van der Waals surface area contributed by atoms with E-state index >= 15 is 0 Å². The number of benzene rings is 2. The Labute approximate surface area is 206 Å². The average molecular weight is 501 g/mol. The highest BCUT2D eigenvalue weighted by molar-refractivity contribution is 7.92. The van der Waals surface area contributed by atoms with Crippen molar-refractivity contribution in [1.82, 2.24) is 15.6 Å². The summed E-state index contributed by atoms with van der Waals surface area (Å²) in [5.41, 5.74) is 3.55. The number of aryl methyl sites for hydroxylation is 2. The van der Waals surface area contributed by atoms with E-state index < -0.39 is 10.0 Å². The third kappa shape index (κ3) is 5.43. The van der Waals surface area contributed by atoms with Gasteiger partial charge in [0.25, 0.3) is 0 Å². The van der Waals surface area contributed by atoms with Gasteiger partial charge in [-0.25, -0.2) is 17.7 Å². The van der Waals surface area contributed by atoms with Gasteiger partial charge >= 0.3 is 0 Å². The van der Waals surface area contributed by atoms with Crippen molar-refractivity contribution in [1.29, 1.82) is 0 Å². The molecule has 2 aromatic carbocycles. The van der Waals surface area contributed by atoms with Crippen LogP contribution in [-0.4, -0.2) is 39.4 Å². The molecule has 182 valence electrons. The van der Waals surface area contributed by atoms with Crippen LogP contribution in [0.4, 0.5) is 10.8 Å². The molecule has 2 atom stereocenters. The van der Waals surface area contributed by atoms with Crippen LogP contribution in [0.2, 0.25) is 0 Å². The van der Waals surface area contributed by atoms with Gasteiger partial charge in [0.15, 0.2) is 0 Å². The zero-order valence-electron chi connectivity index (χ0n) is 20.0. The van der Waals surface area contributed by atoms with Gasteiger partial charge < -0.3 is 15.4 Å². The third-order valence-electron chi connectivity index (χ3n) is 6.19. The number of thiazole rings is 1. The summed E-state index contributed by atoms with van der Waals surface area (Å²) in [4.78, 5) is 5.49. The molecule has 0 unspecified atom stereocenters. The van der Waals surface area contributed by atoms with Crippen LogP contribution < -0.4 is 19.7 Å². The van der Waals surface area contributed by atoms with Crippen LogP contribution in [-0.2, 0) is 16.6 Å². The lowest BCUT2D eigenvalue weighted by atomic mass is 9.92. The van der Waals surface area contributed by atoms with Gasteiger partial charge in [0.1, 0.15) is 5.75 Å². The number of nitrogens with zero attached hydrogens (tertiary/aromatic N) is 2. The van der Waals surface area contributed by atoms with Gasteiger partial charge in [-0.2, -0.15) is 0 Å². The Bertz CT molecular complexity index is 1210. The minimum atomic E-state index is -3.58. The molecule has 9 heteroatoms. The van der Waals surface area contributed by atoms with Crippen LogP contribution in [0.25, 0.3) is 0 Å². The van der Waals surface area contributed by atoms with Crippen LogP contribution in [0.1, 0.15) is 40.6 Å². The summed E-state index contributed by atoms with van der Waals surface area (Å²) < 4.78 is 32.4. The topological polar surface area (TPSA) is 83.6 Å². The molecule has 3 aromatic rings. The Morgan fingerprint density at radius 3 is 2.62 bits per heavy atom. The molecule has 1 fully saturated rings. The van der Waals surface area contributed by atoms with Crippen molar-refractivity contribution in [2.45, 2.75) is 45.3 Å². The number of ether oxygens (including phenoxy) is 1. The highest BCUT2D eigenvalue weighted by Crippen LogP contribution is 2.36. The fraction of sp³-hybridized carbons (Fsp3) is 0.400. The Hall–Kier alpha value is -2.46. The Morgan fingerprint density at radius 1 is 1.21 bits per heavy atom. The molecule has 0 spiro atoms. The minimum Gasteiger partial charge on any atom is -0.496 e. The van der Waals surface area contributed by atoms with Crippen LogP contribution in [0.3, 0.4) is 0 Å². The molecule has 0 aliphatic carbocycles. The van der Waals surface area contributed by atoms with E-state index in [0.29, 0.717) is 17.4 Å². The fourth-order valence-electron chi connectivity index (χ4n) is 4.38. The van der Waals surface area contributed by atoms with Crippen molar-refractivity contribution in [2.24, 2.45) is 0 Å². The van der Waals surface area contributed by atoms with Gasteiger partial charge in [-0.05, 0) is 57.0 Å². The van der Waals surface area contributed by atoms with Crippen molar-refractivity contribution in [3.8, 4) is 5.75 Å². The smallest absolute Gasteiger partial charge is 0.238 e. The zero-order valence-corrected chi connectivity index (χ0v) is 21.7. The van der Waals surface area contributed by atoms with E-state index in [1.807, 2.05) is 32.0 Å². The summed E-state index contributed by atoms with van der Waals surface area (Å²) in [5, 5.41) is 7.78. The fourth-order valence-corrected chi connectivity index (χ4v) is 6.55. The van der Waals surface area contributed by atoms with E-state index in [0.717, 1.165) is 41.3 Å². The number of rotatable bonds is 8. The SMILES string of the molecule is COc1ccc(N(c2nc(C)c(C)s2)S(C)(=O)=O)cc1CN[C@H]1CCCN[C@@H]1c1ccccc1. The second-order valence-corrected chi connectivity index (χ2v) is 11.6. The van der Waals surface area contributed by atoms with E-state index in [1.54, 1.807) is 13.2 Å². The third-order valence-corrected chi connectivity index (χ3v) is 8.41. The number of piperidine rings is 1. The van der Waals surface area contributed by atoms with E-state index in [-0.39, 0.29) is 12.1 Å². The molecule has 1 saturated heterocycles. The zero-order chi connectivity index (χ0) is 24.3. The first kappa shape index (κ1) is 24.7. The lowest BCUT2D eigenvalue weighted by molar-refractivity contribution is 0.303. The number of methoxy groups -OCH3 is 1. The lowest BCUT2D eigenvalue weighted by Crippen LogP contribution is -2.45. The van der Waals surface area contributed by atoms with E-state index in [9.17, 15) is 8.42 Å². The molecule has 34 heavy (non-hydrogen) atoms. The summed E-state index contributed by atoms with van der Waals surface area (Å²) in [6.07, 6.45) is 3.36. The van der Waals surface area contributed by atoms with Crippen LogP contribution in [0, 0.1) is 13.8 Å². The van der Waals surface area contributed by atoms with Gasteiger partial charge in [0, 0.05) is 29.1 Å². The first-order valence-corrected chi connectivity index (χ1v) is 14.1. The predicted molar refractivity (Wildman–Crippen MR) is 139 cm³/mol. The lowest BCUT2D eigenvalue weighted by Gasteiger charge is -2.34. The van der Waals surface area contributed by atoms with Gasteiger partial charge in [-0.15, -0.1) is 11.3 Å². The van der Waals surface area contributed by atoms with E-state index in [2.05, 4.69) is 39.9 Å². The molecular formula is C25H32N4O3S2. The van der Waals surface area contributed by atoms with Gasteiger partial charge in [-0.1, -0.05) is 30.3 Å². The summed E-state index contributed by atoms with van der Waals surface area (Å²) in [5.74, 6) is 0.719. The van der Waals surface area contributed by atoms with Crippen LogP contribution in [0.5, 0.6) is 5.75 Å². The summed E-state index contributed by atoms with van der Waals surface area (Å²) >= 11 is 1.37. The first-order valence-electron chi connectivity index (χ1n) is 11.4. The molecule has 1 aliphatic rings. The normalized spacial score (nSPS) is 18.6. The number of hydrogen-bond acceptors (Lipinski definition) is 7. The van der Waals surface area contributed by atoms with Crippen molar-refractivity contribution in [3.63, 3.8) is 0 Å². The molecule has 0 bridgehead atoms. The number of sulfonamides is 1. The molecule has 1 aromatic heterocycles. The van der Waals surface area contributed by atoms with Gasteiger partial charge in [-0.3, -0.25) is 0 Å². The summed E-state index contributed by atoms with van der Waals surface area (Å²) in [7, 11) is -1.95. The average Bonchev–Trinajstić information content (AvgIpc) is 3.15. The quantitative estimate of drug-likeness (QED) is 0.476. The molecule has 0 saturated carbocycles. The second kappa shape index (κ2) is 10.4. The summed E-state index contributed by atoms with van der Waals surface area (Å²) in [6, 6.07) is 16.4. The van der Waals surface area contributed by atoms with Crippen molar-refractivity contribution >= 4 is 32.2 Å². The predicted octanol–water partition coefficient (Wildman–Crippen LogP) is 4.45. The molecule has 1 aliphatic heterocycles. The van der Waals surface area contributed by atoms with Crippen molar-refractivity contribution < 1.29 is 13.2 Å².